The summed E-state index contributed by atoms with van der Waals surface area (Å²) in [7, 11) is 1.31. The molecule has 0 saturated carbocycles. The molecule has 9 heteroatoms. The summed E-state index contributed by atoms with van der Waals surface area (Å²) in [6.45, 7) is 3.17. The van der Waals surface area contributed by atoms with Crippen LogP contribution in [0.3, 0.4) is 0 Å². The number of allylic oxidation sites excluding steroid dienone is 1. The lowest BCUT2D eigenvalue weighted by Crippen LogP contribution is -2.48. The molecule has 2 unspecified atom stereocenters. The molecule has 1 aromatic rings. The molecule has 0 aromatic heterocycles. The summed E-state index contributed by atoms with van der Waals surface area (Å²) in [6.07, 6.45) is 0.702. The van der Waals surface area contributed by atoms with Crippen LogP contribution in [0.1, 0.15) is 32.3 Å². The maximum absolute atomic E-state index is 12.3. The van der Waals surface area contributed by atoms with Gasteiger partial charge in [0.25, 0.3) is 5.79 Å². The van der Waals surface area contributed by atoms with Crippen LogP contribution in [0.15, 0.2) is 35.6 Å². The van der Waals surface area contributed by atoms with Crippen LogP contribution in [0.2, 0.25) is 5.02 Å². The van der Waals surface area contributed by atoms with Crippen molar-refractivity contribution >= 4 is 29.6 Å². The smallest absolute Gasteiger partial charge is 0.409 e. The number of halogens is 1. The molecule has 30 heavy (non-hydrogen) atoms. The van der Waals surface area contributed by atoms with Gasteiger partial charge in [0.05, 0.1) is 7.11 Å². The van der Waals surface area contributed by atoms with E-state index in [1.807, 2.05) is 12.1 Å². The Morgan fingerprint density at radius 2 is 1.83 bits per heavy atom. The molecular weight excluding hydrogens is 414 g/mol. The second-order valence-corrected chi connectivity index (χ2v) is 8.24. The molecule has 8 nitrogen and oxygen atoms in total. The van der Waals surface area contributed by atoms with Crippen molar-refractivity contribution in [3.8, 4) is 0 Å². The predicted molar refractivity (Wildman–Crippen MR) is 107 cm³/mol. The first-order chi connectivity index (χ1) is 14.1. The van der Waals surface area contributed by atoms with Crippen molar-refractivity contribution in [2.24, 2.45) is 5.92 Å². The number of carbonyl (C=O) groups is 3. The number of esters is 2. The number of methoxy groups -OCH3 is 1. The maximum atomic E-state index is 12.3. The average molecular weight is 438 g/mol. The van der Waals surface area contributed by atoms with Gasteiger partial charge in [-0.15, -0.1) is 0 Å². The molecule has 2 saturated heterocycles. The Bertz CT molecular complexity index is 856. The summed E-state index contributed by atoms with van der Waals surface area (Å²) in [5.74, 6) is -4.11. The molecule has 0 aliphatic carbocycles. The number of hydrogen-bond donors (Lipinski definition) is 1. The van der Waals surface area contributed by atoms with Crippen LogP contribution in [0, 0.1) is 5.92 Å². The number of piperidine rings is 1. The molecule has 1 amide bonds. The minimum absolute atomic E-state index is 0.294. The van der Waals surface area contributed by atoms with Crippen LogP contribution in [-0.4, -0.2) is 53.5 Å². The fourth-order valence-electron chi connectivity index (χ4n) is 3.81. The number of aliphatic hydroxyl groups is 1. The highest BCUT2D eigenvalue weighted by Crippen LogP contribution is 2.34. The first-order valence-electron chi connectivity index (χ1n) is 9.60. The third kappa shape index (κ3) is 4.70. The van der Waals surface area contributed by atoms with Crippen molar-refractivity contribution in [3.63, 3.8) is 0 Å². The monoisotopic (exact) mass is 437 g/mol. The van der Waals surface area contributed by atoms with Crippen LogP contribution >= 0.6 is 11.6 Å². The molecule has 0 spiro atoms. The van der Waals surface area contributed by atoms with E-state index in [4.69, 9.17) is 25.8 Å². The van der Waals surface area contributed by atoms with Gasteiger partial charge in [0.2, 0.25) is 0 Å². The number of aliphatic hydroxyl groups excluding tert-OH is 1. The fourth-order valence-corrected chi connectivity index (χ4v) is 3.94. The molecule has 2 aliphatic rings. The topological polar surface area (TPSA) is 102 Å². The second kappa shape index (κ2) is 8.55. The Morgan fingerprint density at radius 3 is 2.40 bits per heavy atom. The van der Waals surface area contributed by atoms with Crippen molar-refractivity contribution in [3.05, 3.63) is 46.2 Å². The number of amides is 1. The van der Waals surface area contributed by atoms with E-state index in [9.17, 15) is 19.5 Å². The van der Waals surface area contributed by atoms with E-state index in [0.29, 0.717) is 30.8 Å². The lowest BCUT2D eigenvalue weighted by Gasteiger charge is -2.39. The van der Waals surface area contributed by atoms with Gasteiger partial charge in [-0.25, -0.2) is 14.4 Å². The number of benzene rings is 1. The van der Waals surface area contributed by atoms with E-state index < -0.39 is 35.3 Å². The van der Waals surface area contributed by atoms with Gasteiger partial charge >= 0.3 is 18.0 Å². The Hall–Kier alpha value is -2.74. The minimum atomic E-state index is -1.39. The number of hydrogen-bond acceptors (Lipinski definition) is 7. The largest absolute Gasteiger partial charge is 0.511 e. The number of ether oxygens (including phenoxy) is 3. The van der Waals surface area contributed by atoms with Gasteiger partial charge in [-0.2, -0.15) is 0 Å². The molecule has 2 heterocycles. The average Bonchev–Trinajstić information content (AvgIpc) is 2.67. The summed E-state index contributed by atoms with van der Waals surface area (Å²) in [4.78, 5) is 38.4. The zero-order valence-electron chi connectivity index (χ0n) is 17.0. The summed E-state index contributed by atoms with van der Waals surface area (Å²) in [5, 5.41) is 11.3. The molecule has 162 valence electrons. The van der Waals surface area contributed by atoms with Crippen molar-refractivity contribution in [1.29, 1.82) is 0 Å². The molecule has 0 radical (unpaired) electrons. The van der Waals surface area contributed by atoms with Crippen LogP contribution in [-0.2, 0) is 30.2 Å². The van der Waals surface area contributed by atoms with E-state index in [-0.39, 0.29) is 11.8 Å². The molecule has 0 bridgehead atoms. The Morgan fingerprint density at radius 1 is 1.23 bits per heavy atom. The van der Waals surface area contributed by atoms with E-state index in [1.54, 1.807) is 17.0 Å². The van der Waals surface area contributed by atoms with Gasteiger partial charge in [0.15, 0.2) is 5.57 Å². The van der Waals surface area contributed by atoms with Crippen LogP contribution in [0.4, 0.5) is 4.79 Å². The molecule has 2 aliphatic heterocycles. The third-order valence-corrected chi connectivity index (χ3v) is 5.49. The van der Waals surface area contributed by atoms with Crippen LogP contribution in [0.5, 0.6) is 0 Å². The fraction of sp³-hybridized carbons (Fsp3) is 0.476. The normalized spacial score (nSPS) is 23.5. The van der Waals surface area contributed by atoms with Gasteiger partial charge in [-0.3, -0.25) is 0 Å². The third-order valence-electron chi connectivity index (χ3n) is 5.24. The zero-order valence-corrected chi connectivity index (χ0v) is 17.8. The van der Waals surface area contributed by atoms with Crippen LogP contribution < -0.4 is 0 Å². The Balaban J connectivity index is 1.85. The first-order valence-corrected chi connectivity index (χ1v) is 9.98. The summed E-state index contributed by atoms with van der Waals surface area (Å²) in [5.41, 5.74) is 0.459. The summed E-state index contributed by atoms with van der Waals surface area (Å²) in [6, 6.07) is 6.92. The zero-order chi connectivity index (χ0) is 22.1. The van der Waals surface area contributed by atoms with Gasteiger partial charge in [-0.05, 0) is 37.0 Å². The molecular formula is C21H24ClNO7. The van der Waals surface area contributed by atoms with E-state index in [2.05, 4.69) is 0 Å². The Labute approximate surface area is 179 Å². The number of cyclic esters (lactones) is 2. The lowest BCUT2D eigenvalue weighted by molar-refractivity contribution is -0.222. The molecule has 1 N–H and O–H groups in total. The van der Waals surface area contributed by atoms with Gasteiger partial charge in [0.1, 0.15) is 5.76 Å². The minimum Gasteiger partial charge on any atom is -0.511 e. The number of likely N-dealkylation sites (tertiary alicyclic amines) is 1. The van der Waals surface area contributed by atoms with Crippen molar-refractivity contribution < 1.29 is 33.7 Å². The van der Waals surface area contributed by atoms with Crippen LogP contribution in [0.25, 0.3) is 0 Å². The number of nitrogens with zero attached hydrogens (tertiary/aromatic N) is 1. The SMILES string of the molecule is COC(=O)N1CCC(C(O)=C2C(=O)OC(C)(C)OC2=O)CC1Cc1ccc(Cl)cc1. The lowest BCUT2D eigenvalue weighted by atomic mass is 9.85. The van der Waals surface area contributed by atoms with Crippen molar-refractivity contribution in [2.75, 3.05) is 13.7 Å². The predicted octanol–water partition coefficient (Wildman–Crippen LogP) is 3.38. The van der Waals surface area contributed by atoms with Crippen molar-refractivity contribution in [1.82, 2.24) is 4.90 Å². The summed E-state index contributed by atoms with van der Waals surface area (Å²) >= 11 is 5.94. The first kappa shape index (κ1) is 22.0. The van der Waals surface area contributed by atoms with Crippen molar-refractivity contribution in [2.45, 2.75) is 44.9 Å². The standard InChI is InChI=1S/C21H24ClNO7/c1-21(2)29-18(25)16(19(26)30-21)17(24)13-8-9-23(20(27)28-3)15(11-13)10-12-4-6-14(22)7-5-12/h4-7,13,15,24H,8-11H2,1-3H3. The molecule has 1 aromatic carbocycles. The van der Waals surface area contributed by atoms with E-state index in [0.717, 1.165) is 5.56 Å². The second-order valence-electron chi connectivity index (χ2n) is 7.81. The Kier molecular flexibility index (Phi) is 6.26. The molecule has 2 fully saturated rings. The number of rotatable bonds is 3. The molecule has 3 rings (SSSR count). The molecule has 2 atom stereocenters. The maximum Gasteiger partial charge on any atom is 0.409 e. The van der Waals surface area contributed by atoms with E-state index >= 15 is 0 Å². The quantitative estimate of drug-likeness (QED) is 0.334. The van der Waals surface area contributed by atoms with Gasteiger partial charge < -0.3 is 24.2 Å². The van der Waals surface area contributed by atoms with Gasteiger partial charge in [0, 0.05) is 37.4 Å². The summed E-state index contributed by atoms with van der Waals surface area (Å²) < 4.78 is 15.1. The van der Waals surface area contributed by atoms with E-state index in [1.165, 1.54) is 21.0 Å². The highest BCUT2D eigenvalue weighted by Gasteiger charge is 2.44. The van der Waals surface area contributed by atoms with Gasteiger partial charge in [-0.1, -0.05) is 23.7 Å². The number of carbonyl (C=O) groups excluding carboxylic acids is 3. The highest BCUT2D eigenvalue weighted by molar-refractivity contribution is 6.30. The highest BCUT2D eigenvalue weighted by atomic mass is 35.5.